The highest BCUT2D eigenvalue weighted by Gasteiger charge is 2.21. The molecular formula is C17H21NO2. The minimum absolute atomic E-state index is 0.426. The minimum atomic E-state index is -0.489. The van der Waals surface area contributed by atoms with Gasteiger partial charge in [-0.05, 0) is 18.1 Å². The van der Waals surface area contributed by atoms with Crippen molar-refractivity contribution in [3.8, 4) is 0 Å². The Morgan fingerprint density at radius 2 is 1.45 bits per heavy atom. The molecule has 2 N–H and O–H groups in total. The Hall–Kier alpha value is -2.13. The predicted octanol–water partition coefficient (Wildman–Crippen LogP) is 3.66. The van der Waals surface area contributed by atoms with Crippen LogP contribution in [0.2, 0.25) is 0 Å². The van der Waals surface area contributed by atoms with Crippen LogP contribution >= 0.6 is 0 Å². The molecule has 0 fully saturated rings. The lowest BCUT2D eigenvalue weighted by Crippen LogP contribution is -2.27. The van der Waals surface area contributed by atoms with Crippen LogP contribution in [-0.4, -0.2) is 11.1 Å². The van der Waals surface area contributed by atoms with E-state index in [0.717, 1.165) is 16.7 Å². The van der Waals surface area contributed by atoms with Crippen LogP contribution < -0.4 is 5.48 Å². The summed E-state index contributed by atoms with van der Waals surface area (Å²) in [5, 5.41) is 8.88. The number of rotatable bonds is 3. The highest BCUT2D eigenvalue weighted by molar-refractivity contribution is 5.86. The lowest BCUT2D eigenvalue weighted by atomic mass is 9.90. The topological polar surface area (TPSA) is 49.3 Å². The van der Waals surface area contributed by atoms with Crippen molar-refractivity contribution in [2.24, 2.45) is 0 Å². The molecule has 2 aromatic carbocycles. The number of hydroxylamine groups is 1. The lowest BCUT2D eigenvalue weighted by Gasteiger charge is -2.15. The summed E-state index contributed by atoms with van der Waals surface area (Å²) in [5.41, 5.74) is 4.59. The maximum Gasteiger partial charge on any atom is 0.255 e. The second-order valence-electron chi connectivity index (χ2n) is 4.23. The first-order chi connectivity index (χ1) is 9.72. The zero-order valence-electron chi connectivity index (χ0n) is 12.1. The van der Waals surface area contributed by atoms with E-state index in [4.69, 9.17) is 5.21 Å². The van der Waals surface area contributed by atoms with Crippen LogP contribution in [0.3, 0.4) is 0 Å². The number of amides is 1. The van der Waals surface area contributed by atoms with Gasteiger partial charge in [0.05, 0.1) is 5.92 Å². The van der Waals surface area contributed by atoms with E-state index in [9.17, 15) is 4.79 Å². The molecule has 1 atom stereocenters. The second kappa shape index (κ2) is 8.12. The highest BCUT2D eigenvalue weighted by Crippen LogP contribution is 2.24. The van der Waals surface area contributed by atoms with Gasteiger partial charge in [-0.15, -0.1) is 0 Å². The quantitative estimate of drug-likeness (QED) is 0.661. The number of hydrogen-bond acceptors (Lipinski definition) is 2. The zero-order valence-corrected chi connectivity index (χ0v) is 12.1. The fourth-order valence-electron chi connectivity index (χ4n) is 1.96. The third-order valence-corrected chi connectivity index (χ3v) is 2.92. The summed E-state index contributed by atoms with van der Waals surface area (Å²) in [5.74, 6) is -0.915. The molecule has 0 saturated heterocycles. The Bertz CT molecular complexity index is 520. The molecule has 0 spiro atoms. The van der Waals surface area contributed by atoms with Crippen molar-refractivity contribution in [3.05, 3.63) is 71.3 Å². The van der Waals surface area contributed by atoms with Gasteiger partial charge in [0.15, 0.2) is 0 Å². The molecule has 0 saturated carbocycles. The number of hydrogen-bond donors (Lipinski definition) is 2. The summed E-state index contributed by atoms with van der Waals surface area (Å²) in [4.78, 5) is 11.8. The summed E-state index contributed by atoms with van der Waals surface area (Å²) < 4.78 is 0. The van der Waals surface area contributed by atoms with Crippen molar-refractivity contribution in [2.45, 2.75) is 26.7 Å². The van der Waals surface area contributed by atoms with E-state index < -0.39 is 11.8 Å². The number of carbonyl (C=O) groups is 1. The van der Waals surface area contributed by atoms with Gasteiger partial charge < -0.3 is 0 Å². The van der Waals surface area contributed by atoms with Crippen LogP contribution in [0.1, 0.15) is 36.5 Å². The fourth-order valence-corrected chi connectivity index (χ4v) is 1.96. The molecule has 1 unspecified atom stereocenters. The Morgan fingerprint density at radius 1 is 0.950 bits per heavy atom. The van der Waals surface area contributed by atoms with Crippen LogP contribution in [-0.2, 0) is 4.79 Å². The van der Waals surface area contributed by atoms with E-state index in [-0.39, 0.29) is 0 Å². The monoisotopic (exact) mass is 271 g/mol. The Labute approximate surface area is 120 Å². The van der Waals surface area contributed by atoms with Crippen molar-refractivity contribution in [2.75, 3.05) is 0 Å². The third-order valence-electron chi connectivity index (χ3n) is 2.92. The first-order valence-electron chi connectivity index (χ1n) is 6.78. The van der Waals surface area contributed by atoms with Crippen LogP contribution in [0.4, 0.5) is 0 Å². The summed E-state index contributed by atoms with van der Waals surface area (Å²) in [7, 11) is 0. The Morgan fingerprint density at radius 3 is 1.95 bits per heavy atom. The molecular weight excluding hydrogens is 250 g/mol. The van der Waals surface area contributed by atoms with Crippen LogP contribution in [0, 0.1) is 6.92 Å². The highest BCUT2D eigenvalue weighted by atomic mass is 16.5. The van der Waals surface area contributed by atoms with Crippen molar-refractivity contribution in [1.82, 2.24) is 5.48 Å². The van der Waals surface area contributed by atoms with Crippen LogP contribution in [0.25, 0.3) is 0 Å². The maximum absolute atomic E-state index is 11.8. The third kappa shape index (κ3) is 3.93. The number of nitrogens with one attached hydrogen (secondary N) is 1. The van der Waals surface area contributed by atoms with E-state index >= 15 is 0 Å². The van der Waals surface area contributed by atoms with Crippen LogP contribution in [0.5, 0.6) is 0 Å². The van der Waals surface area contributed by atoms with E-state index in [1.54, 1.807) is 5.48 Å². The van der Waals surface area contributed by atoms with Crippen molar-refractivity contribution >= 4 is 5.91 Å². The molecule has 0 aliphatic carbocycles. The number of benzene rings is 2. The maximum atomic E-state index is 11.8. The first kappa shape index (κ1) is 15.9. The number of aryl methyl sites for hydroxylation is 1. The van der Waals surface area contributed by atoms with Gasteiger partial charge in [0, 0.05) is 0 Å². The SMILES string of the molecule is CC.Cc1ccc(C(C(=O)NO)c2ccccc2)cc1. The van der Waals surface area contributed by atoms with Gasteiger partial charge in [0.1, 0.15) is 0 Å². The molecule has 106 valence electrons. The second-order valence-corrected chi connectivity index (χ2v) is 4.23. The molecule has 20 heavy (non-hydrogen) atoms. The normalized spacial score (nSPS) is 11.0. The average Bonchev–Trinajstić information content (AvgIpc) is 2.52. The van der Waals surface area contributed by atoms with Gasteiger partial charge in [0.2, 0.25) is 0 Å². The van der Waals surface area contributed by atoms with E-state index in [1.807, 2.05) is 75.4 Å². The molecule has 2 aromatic rings. The van der Waals surface area contributed by atoms with Gasteiger partial charge >= 0.3 is 0 Å². The van der Waals surface area contributed by atoms with Crippen LogP contribution in [0.15, 0.2) is 54.6 Å². The van der Waals surface area contributed by atoms with Crippen molar-refractivity contribution < 1.29 is 10.0 Å². The van der Waals surface area contributed by atoms with Gasteiger partial charge in [-0.1, -0.05) is 74.0 Å². The smallest absolute Gasteiger partial charge is 0.255 e. The zero-order chi connectivity index (χ0) is 15.0. The average molecular weight is 271 g/mol. The molecule has 3 nitrogen and oxygen atoms in total. The molecule has 0 bridgehead atoms. The Kier molecular flexibility index (Phi) is 6.47. The lowest BCUT2D eigenvalue weighted by molar-refractivity contribution is -0.129. The molecule has 3 heteroatoms. The standard InChI is InChI=1S/C15H15NO2.C2H6/c1-11-7-9-13(10-8-11)14(15(17)16-18)12-5-3-2-4-6-12;1-2/h2-10,14,18H,1H3,(H,16,17);1-2H3. The van der Waals surface area contributed by atoms with E-state index in [2.05, 4.69) is 0 Å². The molecule has 0 aliphatic rings. The fraction of sp³-hybridized carbons (Fsp3) is 0.235. The Balaban J connectivity index is 0.000000956. The van der Waals surface area contributed by atoms with Gasteiger partial charge in [-0.25, -0.2) is 5.48 Å². The summed E-state index contributed by atoms with van der Waals surface area (Å²) >= 11 is 0. The van der Waals surface area contributed by atoms with E-state index in [1.165, 1.54) is 0 Å². The number of carbonyl (C=O) groups excluding carboxylic acids is 1. The minimum Gasteiger partial charge on any atom is -0.289 e. The summed E-state index contributed by atoms with van der Waals surface area (Å²) in [6, 6.07) is 17.1. The first-order valence-corrected chi connectivity index (χ1v) is 6.78. The molecule has 1 amide bonds. The molecule has 0 aliphatic heterocycles. The molecule has 0 heterocycles. The van der Waals surface area contributed by atoms with Crippen molar-refractivity contribution in [1.29, 1.82) is 0 Å². The van der Waals surface area contributed by atoms with Gasteiger partial charge in [-0.2, -0.15) is 0 Å². The predicted molar refractivity (Wildman–Crippen MR) is 80.7 cm³/mol. The molecule has 2 rings (SSSR count). The molecule has 0 aromatic heterocycles. The van der Waals surface area contributed by atoms with Gasteiger partial charge in [0.25, 0.3) is 5.91 Å². The van der Waals surface area contributed by atoms with Crippen molar-refractivity contribution in [3.63, 3.8) is 0 Å². The van der Waals surface area contributed by atoms with E-state index in [0.29, 0.717) is 0 Å². The van der Waals surface area contributed by atoms with Gasteiger partial charge in [-0.3, -0.25) is 10.0 Å². The molecule has 0 radical (unpaired) electrons. The summed E-state index contributed by atoms with van der Waals surface area (Å²) in [6.45, 7) is 5.99. The largest absolute Gasteiger partial charge is 0.289 e. The summed E-state index contributed by atoms with van der Waals surface area (Å²) in [6.07, 6.45) is 0.